The van der Waals surface area contributed by atoms with Crippen molar-refractivity contribution in [2.24, 2.45) is 0 Å². The predicted octanol–water partition coefficient (Wildman–Crippen LogP) is 3.77. The van der Waals surface area contributed by atoms with E-state index in [4.69, 9.17) is 4.74 Å². The molecule has 0 bridgehead atoms. The molecule has 0 aliphatic rings. The number of hydrogen-bond donors (Lipinski definition) is 1. The highest BCUT2D eigenvalue weighted by Gasteiger charge is 2.10. The Bertz CT molecular complexity index is 618. The van der Waals surface area contributed by atoms with Gasteiger partial charge in [-0.15, -0.1) is 0 Å². The number of aromatic nitrogens is 2. The first-order chi connectivity index (χ1) is 9.83. The molecule has 0 unspecified atom stereocenters. The molecule has 4 heteroatoms. The minimum Gasteiger partial charge on any atom is -0.437 e. The van der Waals surface area contributed by atoms with Gasteiger partial charge in [-0.3, -0.25) is 4.98 Å². The van der Waals surface area contributed by atoms with Crippen LogP contribution in [0.25, 0.3) is 0 Å². The van der Waals surface area contributed by atoms with Crippen molar-refractivity contribution in [2.75, 3.05) is 0 Å². The summed E-state index contributed by atoms with van der Waals surface area (Å²) >= 11 is 0. The first-order valence-corrected chi connectivity index (χ1v) is 7.14. The normalized spacial score (nSPS) is 11.5. The summed E-state index contributed by atoms with van der Waals surface area (Å²) in [6.45, 7) is 11.2. The summed E-state index contributed by atoms with van der Waals surface area (Å²) in [5, 5.41) is 3.39. The molecule has 0 atom stereocenters. The molecule has 0 spiro atoms. The maximum absolute atomic E-state index is 5.79. The van der Waals surface area contributed by atoms with Crippen LogP contribution in [0.15, 0.2) is 30.6 Å². The highest BCUT2D eigenvalue weighted by molar-refractivity contribution is 5.35. The van der Waals surface area contributed by atoms with E-state index in [0.717, 1.165) is 11.4 Å². The lowest BCUT2D eigenvalue weighted by molar-refractivity contribution is 0.414. The van der Waals surface area contributed by atoms with Crippen LogP contribution in [-0.4, -0.2) is 15.5 Å². The largest absolute Gasteiger partial charge is 0.437 e. The Labute approximate surface area is 126 Å². The van der Waals surface area contributed by atoms with Gasteiger partial charge in [-0.1, -0.05) is 6.07 Å². The number of rotatable bonds is 4. The van der Waals surface area contributed by atoms with E-state index in [0.29, 0.717) is 12.4 Å². The third-order valence-corrected chi connectivity index (χ3v) is 3.16. The molecule has 0 amide bonds. The van der Waals surface area contributed by atoms with Crippen LogP contribution in [-0.2, 0) is 6.54 Å². The molecule has 0 aliphatic heterocycles. The maximum Gasteiger partial charge on any atom is 0.238 e. The van der Waals surface area contributed by atoms with Crippen LogP contribution in [0.5, 0.6) is 11.6 Å². The quantitative estimate of drug-likeness (QED) is 0.928. The lowest BCUT2D eigenvalue weighted by Crippen LogP contribution is -2.35. The first-order valence-electron chi connectivity index (χ1n) is 7.14. The van der Waals surface area contributed by atoms with E-state index in [1.54, 1.807) is 12.4 Å². The van der Waals surface area contributed by atoms with Crippen LogP contribution < -0.4 is 10.1 Å². The first kappa shape index (κ1) is 15.4. The van der Waals surface area contributed by atoms with Gasteiger partial charge < -0.3 is 10.1 Å². The van der Waals surface area contributed by atoms with Crippen LogP contribution >= 0.6 is 0 Å². The van der Waals surface area contributed by atoms with Crippen LogP contribution in [0, 0.1) is 13.8 Å². The van der Waals surface area contributed by atoms with Crippen molar-refractivity contribution in [1.29, 1.82) is 0 Å². The fourth-order valence-corrected chi connectivity index (χ4v) is 1.77. The van der Waals surface area contributed by atoms with Gasteiger partial charge in [0.2, 0.25) is 5.88 Å². The second kappa shape index (κ2) is 6.22. The molecule has 1 heterocycles. The summed E-state index contributed by atoms with van der Waals surface area (Å²) in [4.78, 5) is 8.67. The average molecular weight is 285 g/mol. The molecule has 0 aliphatic carbocycles. The Morgan fingerprint density at radius 1 is 1.10 bits per heavy atom. The number of nitrogens with zero attached hydrogens (tertiary/aromatic N) is 2. The zero-order valence-corrected chi connectivity index (χ0v) is 13.4. The van der Waals surface area contributed by atoms with Gasteiger partial charge in [-0.25, -0.2) is 4.98 Å². The van der Waals surface area contributed by atoms with Crippen LogP contribution in [0.2, 0.25) is 0 Å². The zero-order valence-electron chi connectivity index (χ0n) is 13.4. The molecule has 1 aromatic carbocycles. The van der Waals surface area contributed by atoms with E-state index in [2.05, 4.69) is 49.9 Å². The molecule has 0 saturated heterocycles. The summed E-state index contributed by atoms with van der Waals surface area (Å²) < 4.78 is 5.79. The third kappa shape index (κ3) is 4.83. The number of hydrogen-bond acceptors (Lipinski definition) is 4. The minimum absolute atomic E-state index is 0.0482. The van der Waals surface area contributed by atoms with Crippen molar-refractivity contribution in [2.45, 2.75) is 46.7 Å². The molecule has 2 rings (SSSR count). The highest BCUT2D eigenvalue weighted by Crippen LogP contribution is 2.21. The van der Waals surface area contributed by atoms with E-state index in [9.17, 15) is 0 Å². The van der Waals surface area contributed by atoms with Gasteiger partial charge in [0.1, 0.15) is 5.75 Å². The number of nitrogens with one attached hydrogen (secondary N) is 1. The van der Waals surface area contributed by atoms with Crippen molar-refractivity contribution in [1.82, 2.24) is 15.3 Å². The highest BCUT2D eigenvalue weighted by atomic mass is 16.5. The number of ether oxygens (including phenoxy) is 1. The van der Waals surface area contributed by atoms with Crippen LogP contribution in [0.4, 0.5) is 0 Å². The van der Waals surface area contributed by atoms with Crippen molar-refractivity contribution in [3.8, 4) is 11.6 Å². The molecule has 0 radical (unpaired) electrons. The van der Waals surface area contributed by atoms with Crippen molar-refractivity contribution < 1.29 is 4.74 Å². The topological polar surface area (TPSA) is 47.0 Å². The smallest absolute Gasteiger partial charge is 0.238 e. The maximum atomic E-state index is 5.79. The van der Waals surface area contributed by atoms with Gasteiger partial charge >= 0.3 is 0 Å². The summed E-state index contributed by atoms with van der Waals surface area (Å²) in [5.74, 6) is 1.31. The van der Waals surface area contributed by atoms with Gasteiger partial charge in [0.15, 0.2) is 0 Å². The van der Waals surface area contributed by atoms with Crippen molar-refractivity contribution in [3.05, 3.63) is 47.4 Å². The average Bonchev–Trinajstić information content (AvgIpc) is 2.40. The Morgan fingerprint density at radius 3 is 2.52 bits per heavy atom. The van der Waals surface area contributed by atoms with Gasteiger partial charge in [-0.05, 0) is 57.9 Å². The molecule has 0 saturated carbocycles. The lowest BCUT2D eigenvalue weighted by atomic mass is 10.1. The van der Waals surface area contributed by atoms with Crippen LogP contribution in [0.1, 0.15) is 37.6 Å². The molecule has 0 fully saturated rings. The Kier molecular flexibility index (Phi) is 4.58. The fourth-order valence-electron chi connectivity index (χ4n) is 1.77. The minimum atomic E-state index is 0.0482. The van der Waals surface area contributed by atoms with E-state index < -0.39 is 0 Å². The molecule has 1 aromatic heterocycles. The van der Waals surface area contributed by atoms with Gasteiger partial charge in [-0.2, -0.15) is 0 Å². The van der Waals surface area contributed by atoms with Gasteiger partial charge in [0.05, 0.1) is 11.9 Å². The Hall–Kier alpha value is -1.94. The summed E-state index contributed by atoms with van der Waals surface area (Å²) in [7, 11) is 0. The Balaban J connectivity index is 2.08. The summed E-state index contributed by atoms with van der Waals surface area (Å²) in [6, 6.07) is 6.00. The van der Waals surface area contributed by atoms with Crippen LogP contribution in [0.3, 0.4) is 0 Å². The third-order valence-electron chi connectivity index (χ3n) is 3.16. The predicted molar refractivity (Wildman–Crippen MR) is 84.6 cm³/mol. The Morgan fingerprint density at radius 2 is 1.86 bits per heavy atom. The van der Waals surface area contributed by atoms with E-state index >= 15 is 0 Å². The van der Waals surface area contributed by atoms with E-state index in [1.165, 1.54) is 11.1 Å². The monoisotopic (exact) mass is 285 g/mol. The second-order valence-corrected chi connectivity index (χ2v) is 6.30. The summed E-state index contributed by atoms with van der Waals surface area (Å²) in [6.07, 6.45) is 3.39. The summed E-state index contributed by atoms with van der Waals surface area (Å²) in [5.41, 5.74) is 3.36. The molecule has 1 N–H and O–H groups in total. The van der Waals surface area contributed by atoms with Gasteiger partial charge in [0.25, 0.3) is 0 Å². The van der Waals surface area contributed by atoms with E-state index in [-0.39, 0.29) is 5.54 Å². The molecular weight excluding hydrogens is 262 g/mol. The van der Waals surface area contributed by atoms with E-state index in [1.807, 2.05) is 18.2 Å². The van der Waals surface area contributed by atoms with Crippen molar-refractivity contribution in [3.63, 3.8) is 0 Å². The lowest BCUT2D eigenvalue weighted by Gasteiger charge is -2.20. The van der Waals surface area contributed by atoms with Gasteiger partial charge in [0, 0.05) is 18.3 Å². The standard InChI is InChI=1S/C17H23N3O/c1-12-6-7-15(8-13(12)2)21-16-11-18-9-14(20-16)10-19-17(3,4)5/h6-9,11,19H,10H2,1-5H3. The zero-order chi connectivity index (χ0) is 15.5. The molecule has 4 nitrogen and oxygen atoms in total. The molecule has 112 valence electrons. The number of benzene rings is 1. The van der Waals surface area contributed by atoms with Crippen molar-refractivity contribution >= 4 is 0 Å². The fraction of sp³-hybridized carbons (Fsp3) is 0.412. The molecule has 2 aromatic rings. The number of aryl methyl sites for hydroxylation is 2. The SMILES string of the molecule is Cc1ccc(Oc2cncc(CNC(C)(C)C)n2)cc1C. The molecular formula is C17H23N3O. The second-order valence-electron chi connectivity index (χ2n) is 6.30. The molecule has 21 heavy (non-hydrogen) atoms.